The summed E-state index contributed by atoms with van der Waals surface area (Å²) in [6.07, 6.45) is 2.43. The maximum atomic E-state index is 11.9. The standard InChI is InChI=1S/C16H21NO5/c1-5-6-7-14(18)17-15(16(19)22-4)11-8-9-12(20-2)13(10-11)21-3/h5,8-10,15H,1,6-7H2,2-4H3,(H,17,18)/t15-/m1/s1. The molecule has 0 spiro atoms. The van der Waals surface area contributed by atoms with E-state index >= 15 is 0 Å². The van der Waals surface area contributed by atoms with Crippen LogP contribution in [-0.4, -0.2) is 33.2 Å². The molecule has 0 aliphatic rings. The molecule has 6 nitrogen and oxygen atoms in total. The van der Waals surface area contributed by atoms with E-state index in [1.165, 1.54) is 21.3 Å². The molecule has 1 aromatic rings. The molecule has 0 saturated carbocycles. The first-order valence-corrected chi connectivity index (χ1v) is 6.77. The lowest BCUT2D eigenvalue weighted by Crippen LogP contribution is -2.34. The molecule has 1 aromatic carbocycles. The van der Waals surface area contributed by atoms with Crippen LogP contribution >= 0.6 is 0 Å². The Labute approximate surface area is 130 Å². The Morgan fingerprint density at radius 2 is 1.91 bits per heavy atom. The first kappa shape index (κ1) is 17.6. The minimum absolute atomic E-state index is 0.254. The third-order valence-electron chi connectivity index (χ3n) is 3.06. The molecule has 6 heteroatoms. The van der Waals surface area contributed by atoms with Crippen LogP contribution in [0.5, 0.6) is 11.5 Å². The van der Waals surface area contributed by atoms with Gasteiger partial charge in [0.1, 0.15) is 0 Å². The van der Waals surface area contributed by atoms with Crippen LogP contribution in [0.15, 0.2) is 30.9 Å². The van der Waals surface area contributed by atoms with Gasteiger partial charge in [-0.3, -0.25) is 4.79 Å². The number of carbonyl (C=O) groups excluding carboxylic acids is 2. The zero-order valence-corrected chi connectivity index (χ0v) is 13.0. The van der Waals surface area contributed by atoms with Crippen molar-refractivity contribution in [3.63, 3.8) is 0 Å². The molecule has 0 radical (unpaired) electrons. The van der Waals surface area contributed by atoms with Gasteiger partial charge in [-0.1, -0.05) is 12.1 Å². The largest absolute Gasteiger partial charge is 0.493 e. The van der Waals surface area contributed by atoms with Gasteiger partial charge in [0.25, 0.3) is 0 Å². The number of hydrogen-bond donors (Lipinski definition) is 1. The summed E-state index contributed by atoms with van der Waals surface area (Å²) in [5.74, 6) is 0.186. The van der Waals surface area contributed by atoms with Crippen molar-refractivity contribution in [1.82, 2.24) is 5.32 Å². The van der Waals surface area contributed by atoms with Crippen LogP contribution in [0.2, 0.25) is 0 Å². The minimum Gasteiger partial charge on any atom is -0.493 e. The predicted octanol–water partition coefficient (Wildman–Crippen LogP) is 2.00. The molecule has 1 rings (SSSR count). The third kappa shape index (κ3) is 4.51. The highest BCUT2D eigenvalue weighted by molar-refractivity contribution is 5.85. The number of benzene rings is 1. The maximum absolute atomic E-state index is 11.9. The van der Waals surface area contributed by atoms with Crippen molar-refractivity contribution in [2.24, 2.45) is 0 Å². The number of esters is 1. The van der Waals surface area contributed by atoms with Gasteiger partial charge < -0.3 is 19.5 Å². The van der Waals surface area contributed by atoms with Crippen LogP contribution in [0.3, 0.4) is 0 Å². The molecule has 1 atom stereocenters. The van der Waals surface area contributed by atoms with Crippen molar-refractivity contribution in [3.8, 4) is 11.5 Å². The second-order valence-electron chi connectivity index (χ2n) is 4.47. The Hall–Kier alpha value is -2.50. The average molecular weight is 307 g/mol. The molecule has 0 unspecified atom stereocenters. The highest BCUT2D eigenvalue weighted by atomic mass is 16.5. The first-order chi connectivity index (χ1) is 10.6. The molecule has 0 aromatic heterocycles. The van der Waals surface area contributed by atoms with Gasteiger partial charge in [0, 0.05) is 6.42 Å². The Morgan fingerprint density at radius 1 is 1.23 bits per heavy atom. The van der Waals surface area contributed by atoms with Gasteiger partial charge in [-0.2, -0.15) is 0 Å². The summed E-state index contributed by atoms with van der Waals surface area (Å²) in [6, 6.07) is 4.08. The van der Waals surface area contributed by atoms with Crippen molar-refractivity contribution < 1.29 is 23.8 Å². The number of allylic oxidation sites excluding steroid dienone is 1. The summed E-state index contributed by atoms with van der Waals surface area (Å²) in [5, 5.41) is 2.65. The maximum Gasteiger partial charge on any atom is 0.333 e. The molecule has 0 aliphatic heterocycles. The second-order valence-corrected chi connectivity index (χ2v) is 4.47. The number of carbonyl (C=O) groups is 2. The number of rotatable bonds is 8. The van der Waals surface area contributed by atoms with Crippen LogP contribution in [-0.2, 0) is 14.3 Å². The SMILES string of the molecule is C=CCCC(=O)N[C@@H](C(=O)OC)c1ccc(OC)c(OC)c1. The van der Waals surface area contributed by atoms with E-state index in [9.17, 15) is 9.59 Å². The molecule has 22 heavy (non-hydrogen) atoms. The lowest BCUT2D eigenvalue weighted by atomic mass is 10.1. The summed E-state index contributed by atoms with van der Waals surface area (Å²) < 4.78 is 15.1. The first-order valence-electron chi connectivity index (χ1n) is 6.77. The van der Waals surface area contributed by atoms with E-state index < -0.39 is 12.0 Å². The van der Waals surface area contributed by atoms with E-state index in [2.05, 4.69) is 11.9 Å². The van der Waals surface area contributed by atoms with Crippen molar-refractivity contribution in [2.75, 3.05) is 21.3 Å². The molecule has 120 valence electrons. The van der Waals surface area contributed by atoms with Crippen LogP contribution < -0.4 is 14.8 Å². The predicted molar refractivity (Wildman–Crippen MR) is 81.9 cm³/mol. The zero-order chi connectivity index (χ0) is 16.5. The van der Waals surface area contributed by atoms with Crippen LogP contribution in [0.4, 0.5) is 0 Å². The molecule has 0 heterocycles. The highest BCUT2D eigenvalue weighted by Gasteiger charge is 2.24. The lowest BCUT2D eigenvalue weighted by molar-refractivity contribution is -0.145. The smallest absolute Gasteiger partial charge is 0.333 e. The van der Waals surface area contributed by atoms with Crippen LogP contribution in [0, 0.1) is 0 Å². The summed E-state index contributed by atoms with van der Waals surface area (Å²) in [5.41, 5.74) is 0.552. The van der Waals surface area contributed by atoms with Gasteiger partial charge in [0.15, 0.2) is 17.5 Å². The van der Waals surface area contributed by atoms with Crippen LogP contribution in [0.1, 0.15) is 24.4 Å². The normalized spacial score (nSPS) is 11.2. The summed E-state index contributed by atoms with van der Waals surface area (Å²) in [4.78, 5) is 23.8. The van der Waals surface area contributed by atoms with E-state index in [0.717, 1.165) is 0 Å². The Morgan fingerprint density at radius 3 is 2.45 bits per heavy atom. The van der Waals surface area contributed by atoms with Gasteiger partial charge in [0.05, 0.1) is 21.3 Å². The number of hydrogen-bond acceptors (Lipinski definition) is 5. The minimum atomic E-state index is -0.901. The zero-order valence-electron chi connectivity index (χ0n) is 13.0. The number of nitrogens with one attached hydrogen (secondary N) is 1. The summed E-state index contributed by atoms with van der Waals surface area (Å²) >= 11 is 0. The molecule has 1 N–H and O–H groups in total. The van der Waals surface area contributed by atoms with Gasteiger partial charge in [-0.15, -0.1) is 6.58 Å². The van der Waals surface area contributed by atoms with Crippen LogP contribution in [0.25, 0.3) is 0 Å². The van der Waals surface area contributed by atoms with E-state index in [1.807, 2.05) is 0 Å². The van der Waals surface area contributed by atoms with Gasteiger partial charge >= 0.3 is 5.97 Å². The Balaban J connectivity index is 3.03. The molecule has 0 fully saturated rings. The van der Waals surface area contributed by atoms with E-state index in [0.29, 0.717) is 23.5 Å². The lowest BCUT2D eigenvalue weighted by Gasteiger charge is -2.18. The Kier molecular flexibility index (Phi) is 6.95. The monoisotopic (exact) mass is 307 g/mol. The highest BCUT2D eigenvalue weighted by Crippen LogP contribution is 2.30. The van der Waals surface area contributed by atoms with Crippen molar-refractivity contribution in [3.05, 3.63) is 36.4 Å². The summed E-state index contributed by atoms with van der Waals surface area (Å²) in [6.45, 7) is 3.56. The average Bonchev–Trinajstić information content (AvgIpc) is 2.56. The van der Waals surface area contributed by atoms with E-state index in [4.69, 9.17) is 14.2 Å². The molecule has 0 saturated heterocycles. The molecule has 0 aliphatic carbocycles. The van der Waals surface area contributed by atoms with E-state index in [-0.39, 0.29) is 12.3 Å². The quantitative estimate of drug-likeness (QED) is 0.587. The van der Waals surface area contributed by atoms with E-state index in [1.54, 1.807) is 24.3 Å². The molecule has 0 bridgehead atoms. The number of amides is 1. The van der Waals surface area contributed by atoms with Gasteiger partial charge in [-0.05, 0) is 24.1 Å². The van der Waals surface area contributed by atoms with Crippen molar-refractivity contribution >= 4 is 11.9 Å². The fraction of sp³-hybridized carbons (Fsp3) is 0.375. The van der Waals surface area contributed by atoms with Crippen molar-refractivity contribution in [2.45, 2.75) is 18.9 Å². The molecule has 1 amide bonds. The molecular formula is C16H21NO5. The summed E-state index contributed by atoms with van der Waals surface area (Å²) in [7, 11) is 4.29. The fourth-order valence-corrected chi connectivity index (χ4v) is 1.89. The fourth-order valence-electron chi connectivity index (χ4n) is 1.89. The number of methoxy groups -OCH3 is 3. The van der Waals surface area contributed by atoms with Crippen molar-refractivity contribution in [1.29, 1.82) is 0 Å². The Bertz CT molecular complexity index is 541. The second kappa shape index (κ2) is 8.71. The van der Waals surface area contributed by atoms with Gasteiger partial charge in [0.2, 0.25) is 5.91 Å². The number of ether oxygens (including phenoxy) is 3. The third-order valence-corrected chi connectivity index (χ3v) is 3.06. The topological polar surface area (TPSA) is 73.9 Å². The van der Waals surface area contributed by atoms with Gasteiger partial charge in [-0.25, -0.2) is 4.79 Å². The molecular weight excluding hydrogens is 286 g/mol.